The molecular weight excluding hydrogens is 210 g/mol. The zero-order valence-electron chi connectivity index (χ0n) is 9.04. The van der Waals surface area contributed by atoms with Gasteiger partial charge in [-0.2, -0.15) is 0 Å². The van der Waals surface area contributed by atoms with Gasteiger partial charge in [0.05, 0.1) is 0 Å². The summed E-state index contributed by atoms with van der Waals surface area (Å²) in [5, 5.41) is 8.27. The molecule has 0 unspecified atom stereocenters. The molecule has 3 rings (SSSR count). The Kier molecular flexibility index (Phi) is 2.18. The molecule has 80 valence electrons. The summed E-state index contributed by atoms with van der Waals surface area (Å²) in [5.41, 5.74) is 9.07. The van der Waals surface area contributed by atoms with Crippen LogP contribution in [0.4, 0.5) is 5.69 Å². The summed E-state index contributed by atoms with van der Waals surface area (Å²) >= 11 is 0. The number of rotatable bonds is 1. The second-order valence-electron chi connectivity index (χ2n) is 3.92. The number of azide groups is 1. The predicted octanol–water partition coefficient (Wildman–Crippen LogP) is 4.93. The second kappa shape index (κ2) is 3.81. The van der Waals surface area contributed by atoms with Gasteiger partial charge in [0.25, 0.3) is 0 Å². The van der Waals surface area contributed by atoms with Crippen molar-refractivity contribution >= 4 is 27.2 Å². The average molecular weight is 219 g/mol. The lowest BCUT2D eigenvalue weighted by Gasteiger charge is -2.02. The van der Waals surface area contributed by atoms with Crippen molar-refractivity contribution in [2.24, 2.45) is 5.11 Å². The van der Waals surface area contributed by atoms with E-state index in [0.717, 1.165) is 10.8 Å². The smallest absolute Gasteiger partial charge is 0.0381 e. The molecule has 0 heterocycles. The lowest BCUT2D eigenvalue weighted by molar-refractivity contribution is 1.50. The van der Waals surface area contributed by atoms with Crippen molar-refractivity contribution in [2.75, 3.05) is 0 Å². The third kappa shape index (κ3) is 1.69. The summed E-state index contributed by atoms with van der Waals surface area (Å²) in [7, 11) is 0. The molecule has 17 heavy (non-hydrogen) atoms. The van der Waals surface area contributed by atoms with Crippen molar-refractivity contribution in [2.45, 2.75) is 0 Å². The van der Waals surface area contributed by atoms with E-state index in [1.807, 2.05) is 30.3 Å². The molecule has 0 saturated heterocycles. The van der Waals surface area contributed by atoms with Crippen LogP contribution in [-0.4, -0.2) is 0 Å². The minimum atomic E-state index is 0.648. The summed E-state index contributed by atoms with van der Waals surface area (Å²) in [5.74, 6) is 0. The van der Waals surface area contributed by atoms with Gasteiger partial charge in [0, 0.05) is 10.6 Å². The van der Waals surface area contributed by atoms with E-state index >= 15 is 0 Å². The van der Waals surface area contributed by atoms with Crippen LogP contribution in [0.5, 0.6) is 0 Å². The van der Waals surface area contributed by atoms with Gasteiger partial charge in [-0.15, -0.1) is 0 Å². The Labute approximate surface area is 97.9 Å². The van der Waals surface area contributed by atoms with E-state index in [9.17, 15) is 0 Å². The van der Waals surface area contributed by atoms with E-state index in [2.05, 4.69) is 34.3 Å². The van der Waals surface area contributed by atoms with E-state index < -0.39 is 0 Å². The predicted molar refractivity (Wildman–Crippen MR) is 70.3 cm³/mol. The highest BCUT2D eigenvalue weighted by Crippen LogP contribution is 2.26. The van der Waals surface area contributed by atoms with Crippen LogP contribution in [0.25, 0.3) is 32.0 Å². The van der Waals surface area contributed by atoms with E-state index in [1.54, 1.807) is 0 Å². The standard InChI is InChI=1S/C14H9N3/c15-17-16-14-6-5-12-7-10-3-1-2-4-11(10)8-13(12)9-14/h1-9H. The van der Waals surface area contributed by atoms with Crippen LogP contribution in [0.3, 0.4) is 0 Å². The first-order valence-corrected chi connectivity index (χ1v) is 5.34. The van der Waals surface area contributed by atoms with Gasteiger partial charge in [-0.3, -0.25) is 0 Å². The van der Waals surface area contributed by atoms with Crippen molar-refractivity contribution in [3.63, 3.8) is 0 Å². The molecule has 0 bridgehead atoms. The van der Waals surface area contributed by atoms with Crippen LogP contribution in [0.1, 0.15) is 0 Å². The number of hydrogen-bond acceptors (Lipinski definition) is 1. The molecule has 0 N–H and O–H groups in total. The highest BCUT2D eigenvalue weighted by atomic mass is 15.1. The van der Waals surface area contributed by atoms with Crippen molar-refractivity contribution in [1.29, 1.82) is 0 Å². The number of fused-ring (bicyclic) bond motifs is 2. The van der Waals surface area contributed by atoms with Crippen molar-refractivity contribution in [3.8, 4) is 0 Å². The number of hydrogen-bond donors (Lipinski definition) is 0. The van der Waals surface area contributed by atoms with Crippen LogP contribution in [-0.2, 0) is 0 Å². The molecule has 0 saturated carbocycles. The molecular formula is C14H9N3. The first kappa shape index (κ1) is 9.70. The Morgan fingerprint density at radius 2 is 1.41 bits per heavy atom. The summed E-state index contributed by atoms with van der Waals surface area (Å²) in [6.45, 7) is 0. The first-order chi connectivity index (χ1) is 8.36. The minimum absolute atomic E-state index is 0.648. The fourth-order valence-corrected chi connectivity index (χ4v) is 2.04. The summed E-state index contributed by atoms with van der Waals surface area (Å²) < 4.78 is 0. The van der Waals surface area contributed by atoms with Crippen LogP contribution in [0.15, 0.2) is 59.7 Å². The van der Waals surface area contributed by atoms with Gasteiger partial charge < -0.3 is 0 Å². The molecule has 0 fully saturated rings. The summed E-state index contributed by atoms with van der Waals surface area (Å²) in [4.78, 5) is 2.80. The van der Waals surface area contributed by atoms with Crippen LogP contribution >= 0.6 is 0 Å². The largest absolute Gasteiger partial charge is 0.0616 e. The first-order valence-electron chi connectivity index (χ1n) is 5.34. The quantitative estimate of drug-likeness (QED) is 0.241. The Morgan fingerprint density at radius 1 is 0.765 bits per heavy atom. The second-order valence-corrected chi connectivity index (χ2v) is 3.92. The van der Waals surface area contributed by atoms with Crippen LogP contribution in [0, 0.1) is 0 Å². The number of nitrogens with zero attached hydrogens (tertiary/aromatic N) is 3. The Balaban J connectivity index is 2.36. The van der Waals surface area contributed by atoms with Gasteiger partial charge in [-0.05, 0) is 45.3 Å². The van der Waals surface area contributed by atoms with Crippen molar-refractivity contribution in [3.05, 3.63) is 65.0 Å². The fraction of sp³-hybridized carbons (Fsp3) is 0. The number of benzene rings is 3. The molecule has 0 aliphatic carbocycles. The van der Waals surface area contributed by atoms with Crippen molar-refractivity contribution < 1.29 is 0 Å². The normalized spacial score (nSPS) is 10.4. The molecule has 3 aromatic carbocycles. The maximum Gasteiger partial charge on any atom is 0.0381 e. The Bertz CT molecular complexity index is 756. The van der Waals surface area contributed by atoms with E-state index in [1.165, 1.54) is 10.8 Å². The molecule has 3 aromatic rings. The molecule has 0 aliphatic rings. The van der Waals surface area contributed by atoms with Crippen molar-refractivity contribution in [1.82, 2.24) is 0 Å². The monoisotopic (exact) mass is 219 g/mol. The maximum atomic E-state index is 8.42. The van der Waals surface area contributed by atoms with Gasteiger partial charge in [-0.25, -0.2) is 0 Å². The molecule has 0 amide bonds. The maximum absolute atomic E-state index is 8.42. The van der Waals surface area contributed by atoms with Gasteiger partial charge in [-0.1, -0.05) is 41.5 Å². The van der Waals surface area contributed by atoms with Gasteiger partial charge >= 0.3 is 0 Å². The molecule has 0 spiro atoms. The van der Waals surface area contributed by atoms with Gasteiger partial charge in [0.2, 0.25) is 0 Å². The third-order valence-electron chi connectivity index (χ3n) is 2.85. The van der Waals surface area contributed by atoms with Crippen LogP contribution in [0.2, 0.25) is 0 Å². The molecule has 0 aromatic heterocycles. The van der Waals surface area contributed by atoms with E-state index in [4.69, 9.17) is 5.53 Å². The summed E-state index contributed by atoms with van der Waals surface area (Å²) in [6.07, 6.45) is 0. The van der Waals surface area contributed by atoms with Gasteiger partial charge in [0.15, 0.2) is 0 Å². The highest BCUT2D eigenvalue weighted by Gasteiger charge is 1.98. The Morgan fingerprint density at radius 3 is 2.12 bits per heavy atom. The zero-order valence-corrected chi connectivity index (χ0v) is 9.04. The van der Waals surface area contributed by atoms with E-state index in [-0.39, 0.29) is 0 Å². The SMILES string of the molecule is [N-]=[N+]=Nc1ccc2cc3ccccc3cc2c1. The fourth-order valence-electron chi connectivity index (χ4n) is 2.04. The Hall–Kier alpha value is -2.51. The lowest BCUT2D eigenvalue weighted by atomic mass is 10.0. The lowest BCUT2D eigenvalue weighted by Crippen LogP contribution is -1.75. The minimum Gasteiger partial charge on any atom is -0.0616 e. The summed E-state index contributed by atoms with van der Waals surface area (Å²) in [6, 6.07) is 18.2. The molecule has 0 atom stereocenters. The molecule has 3 heteroatoms. The third-order valence-corrected chi connectivity index (χ3v) is 2.85. The molecule has 0 aliphatic heterocycles. The topological polar surface area (TPSA) is 48.8 Å². The molecule has 0 radical (unpaired) electrons. The van der Waals surface area contributed by atoms with E-state index in [0.29, 0.717) is 5.69 Å². The zero-order chi connectivity index (χ0) is 11.7. The van der Waals surface area contributed by atoms with Gasteiger partial charge in [0.1, 0.15) is 0 Å². The van der Waals surface area contributed by atoms with Crippen LogP contribution < -0.4 is 0 Å². The molecule has 3 nitrogen and oxygen atoms in total. The average Bonchev–Trinajstić information content (AvgIpc) is 2.36. The highest BCUT2D eigenvalue weighted by molar-refractivity contribution is 5.99.